The Bertz CT molecular complexity index is 1060. The molecule has 34 heavy (non-hydrogen) atoms. The number of aliphatic hydroxyl groups is 1. The molecule has 6 heteroatoms. The number of nitrogens with one attached hydrogen (secondary N) is 1. The van der Waals surface area contributed by atoms with Gasteiger partial charge in [0.25, 0.3) is 5.91 Å². The third kappa shape index (κ3) is 4.05. The number of allylic oxidation sites excluding steroid dienone is 2. The molecule has 0 aromatic heterocycles. The molecule has 3 aliphatic rings. The van der Waals surface area contributed by atoms with Crippen molar-refractivity contribution in [1.82, 2.24) is 5.32 Å². The Balaban J connectivity index is 1.80. The molecule has 0 radical (unpaired) electrons. The predicted octanol–water partition coefficient (Wildman–Crippen LogP) is 3.31. The summed E-state index contributed by atoms with van der Waals surface area (Å²) in [6.07, 6.45) is 5.00. The van der Waals surface area contributed by atoms with Crippen LogP contribution in [0.25, 0.3) is 0 Å². The molecule has 2 N–H and O–H groups in total. The number of rotatable bonds is 2. The number of ether oxygens (including phenoxy) is 1. The summed E-state index contributed by atoms with van der Waals surface area (Å²) in [7, 11) is 0. The highest BCUT2D eigenvalue weighted by molar-refractivity contribution is 5.97. The first-order chi connectivity index (χ1) is 16.2. The minimum Gasteiger partial charge on any atom is -0.448 e. The quantitative estimate of drug-likeness (QED) is 0.519. The Morgan fingerprint density at radius 1 is 1.18 bits per heavy atom. The third-order valence-corrected chi connectivity index (χ3v) is 7.76. The lowest BCUT2D eigenvalue weighted by Crippen LogP contribution is -2.61. The molecule has 180 valence electrons. The fourth-order valence-electron chi connectivity index (χ4n) is 5.85. The molecule has 1 spiro atoms. The molecule has 6 nitrogen and oxygen atoms in total. The van der Waals surface area contributed by atoms with Crippen molar-refractivity contribution in [3.05, 3.63) is 71.8 Å². The van der Waals surface area contributed by atoms with E-state index in [4.69, 9.17) is 4.74 Å². The van der Waals surface area contributed by atoms with E-state index in [0.29, 0.717) is 24.0 Å². The standard InChI is InChI=1S/C28H33NO5/c1-16-9-8-12-21-26(32)19(4)18(3)24-22(15-20-10-6-5-7-11-20)29-27(33)28(21,24)34-23(30)14-13-17(2)25(16)31/h5-8,10-13,16,18,21-22,24,26,32H,4,9,14-15H2,1-3H3,(H,29,33)/b12-8+,17-13-/t16-,18+,21-,22-,24-,26+,28+/m0/s1. The number of aliphatic hydroxyl groups excluding tert-OH is 1. The number of carbonyl (C=O) groups excluding carboxylic acids is 3. The first-order valence-corrected chi connectivity index (χ1v) is 12.0. The summed E-state index contributed by atoms with van der Waals surface area (Å²) in [5, 5.41) is 14.3. The average molecular weight is 464 g/mol. The van der Waals surface area contributed by atoms with Gasteiger partial charge in [0.15, 0.2) is 5.78 Å². The van der Waals surface area contributed by atoms with Gasteiger partial charge in [0.1, 0.15) is 0 Å². The second-order valence-corrected chi connectivity index (χ2v) is 9.92. The highest BCUT2D eigenvalue weighted by Gasteiger charge is 2.67. The zero-order valence-corrected chi connectivity index (χ0v) is 20.0. The zero-order valence-electron chi connectivity index (χ0n) is 20.0. The van der Waals surface area contributed by atoms with Gasteiger partial charge in [-0.25, -0.2) is 0 Å². The molecule has 2 heterocycles. The van der Waals surface area contributed by atoms with E-state index < -0.39 is 29.5 Å². The van der Waals surface area contributed by atoms with Gasteiger partial charge in [-0.3, -0.25) is 14.4 Å². The van der Waals surface area contributed by atoms with Crippen molar-refractivity contribution in [2.24, 2.45) is 23.7 Å². The number of Topliss-reactive ketones (excluding diaryl/α,β-unsaturated/α-hetero) is 1. The van der Waals surface area contributed by atoms with Crippen LogP contribution in [-0.4, -0.2) is 40.5 Å². The van der Waals surface area contributed by atoms with Gasteiger partial charge in [0, 0.05) is 17.9 Å². The van der Waals surface area contributed by atoms with Crippen LogP contribution in [0.1, 0.15) is 39.2 Å². The average Bonchev–Trinajstić information content (AvgIpc) is 3.08. The van der Waals surface area contributed by atoms with E-state index in [1.54, 1.807) is 19.1 Å². The molecule has 0 unspecified atom stereocenters. The highest BCUT2D eigenvalue weighted by Crippen LogP contribution is 2.52. The largest absolute Gasteiger partial charge is 0.448 e. The first-order valence-electron chi connectivity index (χ1n) is 12.0. The molecule has 1 aromatic carbocycles. The Kier molecular flexibility index (Phi) is 6.63. The Morgan fingerprint density at radius 2 is 1.88 bits per heavy atom. The second kappa shape index (κ2) is 9.34. The zero-order chi connectivity index (χ0) is 24.6. The van der Waals surface area contributed by atoms with Crippen LogP contribution in [0.3, 0.4) is 0 Å². The highest BCUT2D eigenvalue weighted by atomic mass is 16.6. The summed E-state index contributed by atoms with van der Waals surface area (Å²) in [5.41, 5.74) is 0.632. The van der Waals surface area contributed by atoms with Crippen LogP contribution in [0.2, 0.25) is 0 Å². The lowest BCUT2D eigenvalue weighted by Gasteiger charge is -2.49. The lowest BCUT2D eigenvalue weighted by atomic mass is 9.59. The number of benzene rings is 1. The fraction of sp³-hybridized carbons (Fsp3) is 0.464. The molecular weight excluding hydrogens is 430 g/mol. The third-order valence-electron chi connectivity index (χ3n) is 7.76. The lowest BCUT2D eigenvalue weighted by molar-refractivity contribution is -0.185. The van der Waals surface area contributed by atoms with Crippen molar-refractivity contribution in [3.63, 3.8) is 0 Å². The van der Waals surface area contributed by atoms with Gasteiger partial charge in [0.05, 0.1) is 18.4 Å². The van der Waals surface area contributed by atoms with E-state index >= 15 is 0 Å². The maximum Gasteiger partial charge on any atom is 0.310 e. The van der Waals surface area contributed by atoms with Gasteiger partial charge < -0.3 is 15.2 Å². The van der Waals surface area contributed by atoms with Crippen LogP contribution in [0.4, 0.5) is 0 Å². The van der Waals surface area contributed by atoms with E-state index in [0.717, 1.165) is 5.56 Å². The number of ketones is 1. The molecule has 1 aliphatic carbocycles. The minimum atomic E-state index is -1.55. The van der Waals surface area contributed by atoms with Gasteiger partial charge in [-0.1, -0.05) is 69.0 Å². The molecule has 7 atom stereocenters. The number of carbonyl (C=O) groups is 3. The maximum absolute atomic E-state index is 13.7. The topological polar surface area (TPSA) is 92.7 Å². The van der Waals surface area contributed by atoms with Crippen molar-refractivity contribution in [3.8, 4) is 0 Å². The van der Waals surface area contributed by atoms with E-state index in [9.17, 15) is 19.5 Å². The fourth-order valence-corrected chi connectivity index (χ4v) is 5.85. The van der Waals surface area contributed by atoms with Crippen LogP contribution < -0.4 is 5.32 Å². The summed E-state index contributed by atoms with van der Waals surface area (Å²) < 4.78 is 6.06. The van der Waals surface area contributed by atoms with Gasteiger partial charge in [0.2, 0.25) is 5.60 Å². The Hall–Kier alpha value is -2.99. The molecule has 2 aliphatic heterocycles. The minimum absolute atomic E-state index is 0.0330. The van der Waals surface area contributed by atoms with Crippen molar-refractivity contribution in [1.29, 1.82) is 0 Å². The van der Waals surface area contributed by atoms with Gasteiger partial charge in [-0.05, 0) is 42.4 Å². The van der Waals surface area contributed by atoms with Gasteiger partial charge in [-0.2, -0.15) is 0 Å². The summed E-state index contributed by atoms with van der Waals surface area (Å²) in [6.45, 7) is 9.62. The number of hydrogen-bond acceptors (Lipinski definition) is 5. The van der Waals surface area contributed by atoms with E-state index in [2.05, 4.69) is 11.9 Å². The van der Waals surface area contributed by atoms with Crippen LogP contribution in [0.5, 0.6) is 0 Å². The van der Waals surface area contributed by atoms with E-state index in [1.807, 2.05) is 50.3 Å². The predicted molar refractivity (Wildman–Crippen MR) is 128 cm³/mol. The van der Waals surface area contributed by atoms with Crippen molar-refractivity contribution < 1.29 is 24.2 Å². The SMILES string of the molecule is C=C1[C@@H](C)[C@H]2[C@H](Cc3ccccc3)NC(=O)[C@]23OC(=O)C/C=C(/C)C(=O)[C@@H](C)C/C=C/[C@H]3[C@@H]1O. The summed E-state index contributed by atoms with van der Waals surface area (Å²) in [5.74, 6) is -2.74. The first kappa shape index (κ1) is 24.1. The van der Waals surface area contributed by atoms with E-state index in [-0.39, 0.29) is 36.0 Å². The summed E-state index contributed by atoms with van der Waals surface area (Å²) >= 11 is 0. The molecular formula is C28H33NO5. The van der Waals surface area contributed by atoms with Crippen LogP contribution >= 0.6 is 0 Å². The maximum atomic E-state index is 13.7. The van der Waals surface area contributed by atoms with Crippen molar-refractivity contribution in [2.75, 3.05) is 0 Å². The number of esters is 1. The molecule has 1 saturated heterocycles. The van der Waals surface area contributed by atoms with Crippen molar-refractivity contribution in [2.45, 2.75) is 57.8 Å². The van der Waals surface area contributed by atoms with Crippen LogP contribution in [-0.2, 0) is 25.5 Å². The monoisotopic (exact) mass is 463 g/mol. The number of hydrogen-bond donors (Lipinski definition) is 2. The molecule has 0 bridgehead atoms. The van der Waals surface area contributed by atoms with Crippen molar-refractivity contribution >= 4 is 17.7 Å². The normalized spacial score (nSPS) is 38.9. The Morgan fingerprint density at radius 3 is 2.59 bits per heavy atom. The molecule has 1 amide bonds. The van der Waals surface area contributed by atoms with Crippen LogP contribution in [0.15, 0.2) is 66.3 Å². The number of amides is 1. The molecule has 4 rings (SSSR count). The molecule has 1 aromatic rings. The van der Waals surface area contributed by atoms with Gasteiger partial charge >= 0.3 is 5.97 Å². The second-order valence-electron chi connectivity index (χ2n) is 9.92. The van der Waals surface area contributed by atoms with Crippen LogP contribution in [0, 0.1) is 23.7 Å². The van der Waals surface area contributed by atoms with E-state index in [1.165, 1.54) is 0 Å². The molecule has 2 fully saturated rings. The Labute approximate surface area is 200 Å². The molecule has 1 saturated carbocycles. The summed E-state index contributed by atoms with van der Waals surface area (Å²) in [4.78, 5) is 39.3. The smallest absolute Gasteiger partial charge is 0.310 e. The van der Waals surface area contributed by atoms with Gasteiger partial charge in [-0.15, -0.1) is 0 Å². The summed E-state index contributed by atoms with van der Waals surface area (Å²) in [6, 6.07) is 9.57.